The number of halogens is 1. The highest BCUT2D eigenvalue weighted by atomic mass is 19.1. The summed E-state index contributed by atoms with van der Waals surface area (Å²) >= 11 is 0. The summed E-state index contributed by atoms with van der Waals surface area (Å²) in [5, 5.41) is 6.68. The SMILES string of the molecule is Cc1cc(N2CCN(C(=O)Nc3cccc(F)c3)CC2)no1. The van der Waals surface area contributed by atoms with Crippen LogP contribution in [0.25, 0.3) is 0 Å². The molecule has 0 aliphatic carbocycles. The number of aryl methyl sites for hydroxylation is 1. The minimum Gasteiger partial charge on any atom is -0.360 e. The van der Waals surface area contributed by atoms with E-state index in [0.717, 1.165) is 11.6 Å². The number of piperazine rings is 1. The molecule has 1 aromatic heterocycles. The van der Waals surface area contributed by atoms with E-state index in [1.165, 1.54) is 12.1 Å². The van der Waals surface area contributed by atoms with Gasteiger partial charge in [-0.2, -0.15) is 0 Å². The third-order valence-electron chi connectivity index (χ3n) is 3.58. The number of rotatable bonds is 2. The van der Waals surface area contributed by atoms with Crippen molar-refractivity contribution < 1.29 is 13.7 Å². The molecular formula is C15H17FN4O2. The highest BCUT2D eigenvalue weighted by molar-refractivity contribution is 5.89. The van der Waals surface area contributed by atoms with Crippen LogP contribution in [0.2, 0.25) is 0 Å². The van der Waals surface area contributed by atoms with E-state index in [9.17, 15) is 9.18 Å². The summed E-state index contributed by atoms with van der Waals surface area (Å²) in [5.74, 6) is 1.19. The molecule has 22 heavy (non-hydrogen) atoms. The summed E-state index contributed by atoms with van der Waals surface area (Å²) in [6, 6.07) is 7.52. The summed E-state index contributed by atoms with van der Waals surface area (Å²) < 4.78 is 18.2. The van der Waals surface area contributed by atoms with E-state index < -0.39 is 0 Å². The molecular weight excluding hydrogens is 287 g/mol. The first-order valence-corrected chi connectivity index (χ1v) is 7.11. The largest absolute Gasteiger partial charge is 0.360 e. The van der Waals surface area contributed by atoms with Crippen LogP contribution < -0.4 is 10.2 Å². The maximum absolute atomic E-state index is 13.1. The molecule has 1 aliphatic rings. The fraction of sp³-hybridized carbons (Fsp3) is 0.333. The molecule has 0 bridgehead atoms. The number of anilines is 2. The Morgan fingerprint density at radius 3 is 2.68 bits per heavy atom. The third kappa shape index (κ3) is 3.19. The Labute approximate surface area is 127 Å². The second-order valence-electron chi connectivity index (χ2n) is 5.21. The van der Waals surface area contributed by atoms with Crippen molar-refractivity contribution in [3.8, 4) is 0 Å². The lowest BCUT2D eigenvalue weighted by atomic mass is 10.3. The first-order chi connectivity index (χ1) is 10.6. The molecule has 116 valence electrons. The van der Waals surface area contributed by atoms with E-state index in [1.807, 2.05) is 13.0 Å². The third-order valence-corrected chi connectivity index (χ3v) is 3.58. The summed E-state index contributed by atoms with van der Waals surface area (Å²) in [7, 11) is 0. The Balaban J connectivity index is 1.55. The zero-order valence-corrected chi connectivity index (χ0v) is 12.3. The number of hydrogen-bond acceptors (Lipinski definition) is 4. The zero-order valence-electron chi connectivity index (χ0n) is 12.3. The van der Waals surface area contributed by atoms with Gasteiger partial charge in [-0.25, -0.2) is 9.18 Å². The molecule has 2 heterocycles. The summed E-state index contributed by atoms with van der Waals surface area (Å²) in [5.41, 5.74) is 0.458. The first-order valence-electron chi connectivity index (χ1n) is 7.11. The normalized spacial score (nSPS) is 15.0. The number of benzene rings is 1. The van der Waals surface area contributed by atoms with Crippen molar-refractivity contribution in [2.75, 3.05) is 36.4 Å². The number of carbonyl (C=O) groups is 1. The summed E-state index contributed by atoms with van der Waals surface area (Å²) in [6.45, 7) is 4.37. The van der Waals surface area contributed by atoms with Gasteiger partial charge in [-0.05, 0) is 25.1 Å². The Hall–Kier alpha value is -2.57. The molecule has 0 radical (unpaired) electrons. The molecule has 0 atom stereocenters. The Bertz CT molecular complexity index is 665. The topological polar surface area (TPSA) is 61.6 Å². The molecule has 1 saturated heterocycles. The molecule has 2 aromatic rings. The van der Waals surface area contributed by atoms with Gasteiger partial charge in [0.25, 0.3) is 0 Å². The van der Waals surface area contributed by atoms with Gasteiger partial charge in [-0.15, -0.1) is 0 Å². The number of hydrogen-bond donors (Lipinski definition) is 1. The minimum atomic E-state index is -0.371. The lowest BCUT2D eigenvalue weighted by Crippen LogP contribution is -2.50. The standard InChI is InChI=1S/C15H17FN4O2/c1-11-9-14(18-22-11)19-5-7-20(8-6-19)15(21)17-13-4-2-3-12(16)10-13/h2-4,9-10H,5-8H2,1H3,(H,17,21). The maximum atomic E-state index is 13.1. The lowest BCUT2D eigenvalue weighted by molar-refractivity contribution is 0.208. The first kappa shape index (κ1) is 14.4. The van der Waals surface area contributed by atoms with Gasteiger partial charge in [-0.1, -0.05) is 11.2 Å². The van der Waals surface area contributed by atoms with Crippen LogP contribution >= 0.6 is 0 Å². The number of nitrogens with one attached hydrogen (secondary N) is 1. The van der Waals surface area contributed by atoms with Gasteiger partial charge >= 0.3 is 6.03 Å². The van der Waals surface area contributed by atoms with Crippen molar-refractivity contribution in [1.29, 1.82) is 0 Å². The van der Waals surface area contributed by atoms with Gasteiger partial charge in [0.1, 0.15) is 11.6 Å². The molecule has 2 amide bonds. The number of amides is 2. The van der Waals surface area contributed by atoms with E-state index in [0.29, 0.717) is 31.9 Å². The summed E-state index contributed by atoms with van der Waals surface area (Å²) in [4.78, 5) is 15.9. The van der Waals surface area contributed by atoms with Gasteiger partial charge in [0.05, 0.1) is 0 Å². The monoisotopic (exact) mass is 304 g/mol. The van der Waals surface area contributed by atoms with Gasteiger partial charge in [0.2, 0.25) is 0 Å². The number of carbonyl (C=O) groups excluding carboxylic acids is 1. The van der Waals surface area contributed by atoms with Crippen molar-refractivity contribution in [2.45, 2.75) is 6.92 Å². The van der Waals surface area contributed by atoms with E-state index in [2.05, 4.69) is 15.4 Å². The smallest absolute Gasteiger partial charge is 0.321 e. The molecule has 6 nitrogen and oxygen atoms in total. The second-order valence-corrected chi connectivity index (χ2v) is 5.21. The molecule has 1 aliphatic heterocycles. The summed E-state index contributed by atoms with van der Waals surface area (Å²) in [6.07, 6.45) is 0. The Morgan fingerprint density at radius 2 is 2.05 bits per heavy atom. The average Bonchev–Trinajstić information content (AvgIpc) is 2.94. The van der Waals surface area contributed by atoms with Crippen LogP contribution in [0.4, 0.5) is 20.7 Å². The maximum Gasteiger partial charge on any atom is 0.321 e. The predicted molar refractivity (Wildman–Crippen MR) is 80.4 cm³/mol. The van der Waals surface area contributed by atoms with Crippen LogP contribution in [-0.2, 0) is 0 Å². The van der Waals surface area contributed by atoms with E-state index in [1.54, 1.807) is 17.0 Å². The quantitative estimate of drug-likeness (QED) is 0.926. The lowest BCUT2D eigenvalue weighted by Gasteiger charge is -2.34. The molecule has 0 unspecified atom stereocenters. The Morgan fingerprint density at radius 1 is 1.27 bits per heavy atom. The highest BCUT2D eigenvalue weighted by Crippen LogP contribution is 2.17. The molecule has 0 spiro atoms. The molecule has 1 aromatic carbocycles. The van der Waals surface area contributed by atoms with Crippen LogP contribution in [-0.4, -0.2) is 42.3 Å². The van der Waals surface area contributed by atoms with Gasteiger partial charge in [0.15, 0.2) is 5.82 Å². The van der Waals surface area contributed by atoms with Crippen molar-refractivity contribution >= 4 is 17.5 Å². The molecule has 1 N–H and O–H groups in total. The molecule has 1 fully saturated rings. The van der Waals surface area contributed by atoms with E-state index in [4.69, 9.17) is 4.52 Å². The van der Waals surface area contributed by atoms with Crippen LogP contribution in [0.5, 0.6) is 0 Å². The zero-order chi connectivity index (χ0) is 15.5. The Kier molecular flexibility index (Phi) is 3.95. The fourth-order valence-corrected chi connectivity index (χ4v) is 2.41. The predicted octanol–water partition coefficient (Wildman–Crippen LogP) is 2.48. The fourth-order valence-electron chi connectivity index (χ4n) is 2.41. The number of nitrogens with zero attached hydrogens (tertiary/aromatic N) is 3. The highest BCUT2D eigenvalue weighted by Gasteiger charge is 2.22. The van der Waals surface area contributed by atoms with E-state index >= 15 is 0 Å². The van der Waals surface area contributed by atoms with Crippen LogP contribution in [0, 0.1) is 12.7 Å². The van der Waals surface area contributed by atoms with Crippen molar-refractivity contribution in [2.24, 2.45) is 0 Å². The number of aromatic nitrogens is 1. The molecule has 3 rings (SSSR count). The van der Waals surface area contributed by atoms with Crippen LogP contribution in [0.1, 0.15) is 5.76 Å². The minimum absolute atomic E-state index is 0.221. The van der Waals surface area contributed by atoms with E-state index in [-0.39, 0.29) is 11.8 Å². The van der Waals surface area contributed by atoms with Gasteiger partial charge < -0.3 is 19.6 Å². The average molecular weight is 304 g/mol. The molecule has 0 saturated carbocycles. The number of urea groups is 1. The van der Waals surface area contributed by atoms with Crippen molar-refractivity contribution in [3.63, 3.8) is 0 Å². The second kappa shape index (κ2) is 6.05. The van der Waals surface area contributed by atoms with Crippen LogP contribution in [0.3, 0.4) is 0 Å². The van der Waals surface area contributed by atoms with Crippen molar-refractivity contribution in [1.82, 2.24) is 10.1 Å². The van der Waals surface area contributed by atoms with Crippen molar-refractivity contribution in [3.05, 3.63) is 41.9 Å². The van der Waals surface area contributed by atoms with Gasteiger partial charge in [-0.3, -0.25) is 0 Å². The van der Waals surface area contributed by atoms with Crippen LogP contribution in [0.15, 0.2) is 34.9 Å². The molecule has 7 heteroatoms. The van der Waals surface area contributed by atoms with Gasteiger partial charge in [0, 0.05) is 37.9 Å².